The number of likely N-dealkylation sites (N-methyl/N-ethyl adjacent to an activating group) is 1. The molecule has 0 aliphatic carbocycles. The zero-order chi connectivity index (χ0) is 15.8. The van der Waals surface area contributed by atoms with Crippen LogP contribution in [-0.4, -0.2) is 49.7 Å². The van der Waals surface area contributed by atoms with Gasteiger partial charge in [0, 0.05) is 6.04 Å². The highest BCUT2D eigenvalue weighted by Crippen LogP contribution is 2.22. The molecular formula is C16H25ClN4O. The highest BCUT2D eigenvalue weighted by atomic mass is 35.5. The Morgan fingerprint density at radius 2 is 2.32 bits per heavy atom. The van der Waals surface area contributed by atoms with Crippen molar-refractivity contribution in [2.75, 3.05) is 32.8 Å². The van der Waals surface area contributed by atoms with E-state index in [4.69, 9.17) is 22.1 Å². The summed E-state index contributed by atoms with van der Waals surface area (Å²) in [7, 11) is 0. The molecule has 5 nitrogen and oxygen atoms in total. The van der Waals surface area contributed by atoms with Crippen LogP contribution in [0.3, 0.4) is 0 Å². The summed E-state index contributed by atoms with van der Waals surface area (Å²) in [6.07, 6.45) is 2.47. The molecule has 1 atom stereocenters. The van der Waals surface area contributed by atoms with Gasteiger partial charge in [-0.15, -0.1) is 0 Å². The summed E-state index contributed by atoms with van der Waals surface area (Å²) in [5.74, 6) is 1.16. The third-order valence-electron chi connectivity index (χ3n) is 3.88. The molecule has 1 unspecified atom stereocenters. The lowest BCUT2D eigenvalue weighted by molar-refractivity contribution is 0.273. The summed E-state index contributed by atoms with van der Waals surface area (Å²) in [6.45, 7) is 6.30. The van der Waals surface area contributed by atoms with Crippen molar-refractivity contribution >= 4 is 17.6 Å². The number of benzene rings is 1. The van der Waals surface area contributed by atoms with Crippen LogP contribution in [-0.2, 0) is 0 Å². The van der Waals surface area contributed by atoms with Crippen LogP contribution in [0.15, 0.2) is 29.3 Å². The zero-order valence-corrected chi connectivity index (χ0v) is 13.9. The standard InChI is InChI=1S/C16H25ClN4O/c1-2-21-10-5-6-13(21)12-20-16(18)19-9-11-22-15-8-4-3-7-14(15)17/h3-4,7-8,13H,2,5-6,9-12H2,1H3,(H3,18,19,20). The number of para-hydroxylation sites is 1. The van der Waals surface area contributed by atoms with Crippen LogP contribution in [0.4, 0.5) is 0 Å². The minimum absolute atomic E-state index is 0.478. The lowest BCUT2D eigenvalue weighted by Crippen LogP contribution is -2.37. The van der Waals surface area contributed by atoms with Gasteiger partial charge in [0.05, 0.1) is 18.1 Å². The van der Waals surface area contributed by atoms with E-state index in [-0.39, 0.29) is 0 Å². The molecule has 1 heterocycles. The first-order chi connectivity index (χ1) is 10.7. The van der Waals surface area contributed by atoms with Crippen LogP contribution < -0.4 is 15.8 Å². The Labute approximate surface area is 137 Å². The van der Waals surface area contributed by atoms with Crippen molar-refractivity contribution in [1.29, 1.82) is 0 Å². The van der Waals surface area contributed by atoms with E-state index < -0.39 is 0 Å². The van der Waals surface area contributed by atoms with Crippen LogP contribution in [0.1, 0.15) is 19.8 Å². The molecule has 0 spiro atoms. The lowest BCUT2D eigenvalue weighted by Gasteiger charge is -2.20. The van der Waals surface area contributed by atoms with Gasteiger partial charge in [0.2, 0.25) is 0 Å². The molecule has 0 amide bonds. The number of ether oxygens (including phenoxy) is 1. The molecule has 1 aromatic rings. The minimum atomic E-state index is 0.478. The van der Waals surface area contributed by atoms with E-state index in [1.807, 2.05) is 18.2 Å². The Morgan fingerprint density at radius 3 is 3.09 bits per heavy atom. The fourth-order valence-electron chi connectivity index (χ4n) is 2.68. The molecule has 1 aliphatic rings. The molecule has 1 aliphatic heterocycles. The molecule has 0 bridgehead atoms. The Balaban J connectivity index is 1.66. The molecule has 122 valence electrons. The summed E-state index contributed by atoms with van der Waals surface area (Å²) in [4.78, 5) is 6.88. The molecule has 0 aromatic heterocycles. The van der Waals surface area contributed by atoms with Gasteiger partial charge in [-0.25, -0.2) is 0 Å². The zero-order valence-electron chi connectivity index (χ0n) is 13.1. The molecule has 1 fully saturated rings. The number of hydrogen-bond donors (Lipinski definition) is 2. The second-order valence-electron chi connectivity index (χ2n) is 5.36. The lowest BCUT2D eigenvalue weighted by atomic mass is 10.2. The number of halogens is 1. The van der Waals surface area contributed by atoms with Crippen LogP contribution in [0, 0.1) is 0 Å². The molecule has 6 heteroatoms. The topological polar surface area (TPSA) is 62.9 Å². The summed E-state index contributed by atoms with van der Waals surface area (Å²) in [6, 6.07) is 7.96. The van der Waals surface area contributed by atoms with Crippen LogP contribution in [0.5, 0.6) is 5.75 Å². The van der Waals surface area contributed by atoms with Gasteiger partial charge in [-0.1, -0.05) is 30.7 Å². The van der Waals surface area contributed by atoms with Gasteiger partial charge in [-0.05, 0) is 38.1 Å². The molecule has 0 saturated carbocycles. The molecule has 22 heavy (non-hydrogen) atoms. The van der Waals surface area contributed by atoms with Crippen LogP contribution in [0.2, 0.25) is 5.02 Å². The maximum absolute atomic E-state index is 6.02. The van der Waals surface area contributed by atoms with Gasteiger partial charge in [0.1, 0.15) is 12.4 Å². The predicted molar refractivity (Wildman–Crippen MR) is 91.7 cm³/mol. The number of nitrogens with zero attached hydrogens (tertiary/aromatic N) is 2. The van der Waals surface area contributed by atoms with Gasteiger partial charge >= 0.3 is 0 Å². The maximum atomic E-state index is 6.02. The monoisotopic (exact) mass is 324 g/mol. The highest BCUT2D eigenvalue weighted by Gasteiger charge is 2.22. The molecule has 0 radical (unpaired) electrons. The number of nitrogens with one attached hydrogen (secondary N) is 1. The van der Waals surface area contributed by atoms with Crippen molar-refractivity contribution < 1.29 is 4.74 Å². The maximum Gasteiger partial charge on any atom is 0.188 e. The largest absolute Gasteiger partial charge is 0.490 e. The van der Waals surface area contributed by atoms with Gasteiger partial charge in [-0.2, -0.15) is 0 Å². The van der Waals surface area contributed by atoms with E-state index in [9.17, 15) is 0 Å². The van der Waals surface area contributed by atoms with E-state index in [1.54, 1.807) is 6.07 Å². The van der Waals surface area contributed by atoms with Gasteiger partial charge in [0.25, 0.3) is 0 Å². The fourth-order valence-corrected chi connectivity index (χ4v) is 2.87. The summed E-state index contributed by atoms with van der Waals surface area (Å²) in [5, 5.41) is 3.69. The van der Waals surface area contributed by atoms with Crippen molar-refractivity contribution in [1.82, 2.24) is 10.2 Å². The summed E-state index contributed by atoms with van der Waals surface area (Å²) < 4.78 is 5.59. The Morgan fingerprint density at radius 1 is 1.50 bits per heavy atom. The van der Waals surface area contributed by atoms with Crippen molar-refractivity contribution in [2.24, 2.45) is 10.7 Å². The first kappa shape index (κ1) is 16.9. The Hall–Kier alpha value is -1.46. The Kier molecular flexibility index (Phi) is 6.80. The van der Waals surface area contributed by atoms with E-state index in [0.717, 1.165) is 13.1 Å². The van der Waals surface area contributed by atoms with Crippen LogP contribution in [0.25, 0.3) is 0 Å². The fraction of sp³-hybridized carbons (Fsp3) is 0.562. The minimum Gasteiger partial charge on any atom is -0.490 e. The van der Waals surface area contributed by atoms with E-state index in [2.05, 4.69) is 22.1 Å². The third kappa shape index (κ3) is 5.07. The van der Waals surface area contributed by atoms with Gasteiger partial charge < -0.3 is 15.8 Å². The number of rotatable bonds is 7. The SMILES string of the molecule is CCN1CCCC1CN=C(N)NCCOc1ccccc1Cl. The normalized spacial score (nSPS) is 19.4. The molecule has 2 rings (SSSR count). The van der Waals surface area contributed by atoms with Crippen molar-refractivity contribution in [3.05, 3.63) is 29.3 Å². The second-order valence-corrected chi connectivity index (χ2v) is 5.76. The van der Waals surface area contributed by atoms with E-state index in [1.165, 1.54) is 19.4 Å². The second kappa shape index (κ2) is 8.86. The smallest absolute Gasteiger partial charge is 0.188 e. The van der Waals surface area contributed by atoms with Crippen molar-refractivity contribution in [3.8, 4) is 5.75 Å². The van der Waals surface area contributed by atoms with Crippen molar-refractivity contribution in [2.45, 2.75) is 25.8 Å². The van der Waals surface area contributed by atoms with Crippen LogP contribution >= 0.6 is 11.6 Å². The summed E-state index contributed by atoms with van der Waals surface area (Å²) >= 11 is 6.02. The molecular weight excluding hydrogens is 300 g/mol. The quantitative estimate of drug-likeness (QED) is 0.458. The number of guanidine groups is 1. The summed E-state index contributed by atoms with van der Waals surface area (Å²) in [5.41, 5.74) is 5.89. The number of nitrogens with two attached hydrogens (primary N) is 1. The number of likely N-dealkylation sites (tertiary alicyclic amines) is 1. The number of aliphatic imine (C=N–C) groups is 1. The Bertz CT molecular complexity index is 495. The average Bonchev–Trinajstić information content (AvgIpc) is 2.98. The third-order valence-corrected chi connectivity index (χ3v) is 4.19. The van der Waals surface area contributed by atoms with Gasteiger partial charge in [-0.3, -0.25) is 9.89 Å². The van der Waals surface area contributed by atoms with Gasteiger partial charge in [0.15, 0.2) is 5.96 Å². The highest BCUT2D eigenvalue weighted by molar-refractivity contribution is 6.32. The number of hydrogen-bond acceptors (Lipinski definition) is 3. The van der Waals surface area contributed by atoms with Crippen molar-refractivity contribution in [3.63, 3.8) is 0 Å². The van der Waals surface area contributed by atoms with E-state index in [0.29, 0.717) is 35.9 Å². The first-order valence-electron chi connectivity index (χ1n) is 7.86. The predicted octanol–water partition coefficient (Wildman–Crippen LogP) is 2.11. The molecule has 3 N–H and O–H groups in total. The average molecular weight is 325 g/mol. The first-order valence-corrected chi connectivity index (χ1v) is 8.23. The molecule has 1 aromatic carbocycles. The van der Waals surface area contributed by atoms with E-state index >= 15 is 0 Å². The molecule has 1 saturated heterocycles.